The molecule has 6 heteroatoms. The van der Waals surface area contributed by atoms with Crippen LogP contribution < -0.4 is 5.32 Å². The van der Waals surface area contributed by atoms with E-state index in [1.807, 2.05) is 7.05 Å². The molecule has 0 amide bonds. The minimum atomic E-state index is 0.747. The van der Waals surface area contributed by atoms with Gasteiger partial charge in [-0.1, -0.05) is 6.92 Å². The van der Waals surface area contributed by atoms with Crippen molar-refractivity contribution in [1.82, 2.24) is 15.1 Å². The molecule has 0 aromatic heterocycles. The van der Waals surface area contributed by atoms with Crippen LogP contribution in [-0.4, -0.2) is 86.3 Å². The van der Waals surface area contributed by atoms with E-state index in [2.05, 4.69) is 38.8 Å². The van der Waals surface area contributed by atoms with Gasteiger partial charge in [-0.25, -0.2) is 0 Å². The summed E-state index contributed by atoms with van der Waals surface area (Å²) >= 11 is 2.10. The molecular formula is C16H32N4OS. The van der Waals surface area contributed by atoms with Crippen molar-refractivity contribution in [2.24, 2.45) is 4.99 Å². The van der Waals surface area contributed by atoms with E-state index in [0.717, 1.165) is 56.6 Å². The van der Waals surface area contributed by atoms with Gasteiger partial charge in [0.1, 0.15) is 0 Å². The maximum absolute atomic E-state index is 5.22. The molecular weight excluding hydrogens is 296 g/mol. The van der Waals surface area contributed by atoms with E-state index in [9.17, 15) is 0 Å². The van der Waals surface area contributed by atoms with Gasteiger partial charge in [0.15, 0.2) is 5.96 Å². The van der Waals surface area contributed by atoms with Crippen molar-refractivity contribution < 1.29 is 4.74 Å². The third-order valence-electron chi connectivity index (χ3n) is 4.43. The highest BCUT2D eigenvalue weighted by Gasteiger charge is 2.28. The Morgan fingerprint density at radius 1 is 1.41 bits per heavy atom. The number of hydrogen-bond acceptors (Lipinski definition) is 4. The third-order valence-corrected chi connectivity index (χ3v) is 5.81. The molecule has 0 aromatic carbocycles. The standard InChI is InChI=1S/C16H32N4OS/c1-4-15-13-20(10-12-22-15)16(17-2)18-7-8-19(9-11-21-3)14-5-6-14/h14-15H,4-13H2,1-3H3,(H,17,18). The molecule has 2 fully saturated rings. The Morgan fingerprint density at radius 3 is 2.86 bits per heavy atom. The predicted molar refractivity (Wildman–Crippen MR) is 95.9 cm³/mol. The van der Waals surface area contributed by atoms with Crippen molar-refractivity contribution in [3.8, 4) is 0 Å². The van der Waals surface area contributed by atoms with E-state index in [4.69, 9.17) is 4.74 Å². The van der Waals surface area contributed by atoms with E-state index in [-0.39, 0.29) is 0 Å². The van der Waals surface area contributed by atoms with Crippen LogP contribution in [0.25, 0.3) is 0 Å². The van der Waals surface area contributed by atoms with Crippen molar-refractivity contribution in [2.45, 2.75) is 37.5 Å². The van der Waals surface area contributed by atoms with Crippen LogP contribution in [-0.2, 0) is 4.74 Å². The average Bonchev–Trinajstić information content (AvgIpc) is 3.39. The van der Waals surface area contributed by atoms with Gasteiger partial charge in [-0.3, -0.25) is 9.89 Å². The molecule has 0 aromatic rings. The van der Waals surface area contributed by atoms with Crippen LogP contribution in [0.3, 0.4) is 0 Å². The van der Waals surface area contributed by atoms with Crippen LogP contribution in [0.15, 0.2) is 4.99 Å². The van der Waals surface area contributed by atoms with Gasteiger partial charge in [0.2, 0.25) is 0 Å². The first-order chi connectivity index (χ1) is 10.8. The molecule has 0 bridgehead atoms. The summed E-state index contributed by atoms with van der Waals surface area (Å²) in [4.78, 5) is 9.44. The van der Waals surface area contributed by atoms with Gasteiger partial charge in [-0.15, -0.1) is 0 Å². The summed E-state index contributed by atoms with van der Waals surface area (Å²) in [7, 11) is 3.68. The highest BCUT2D eigenvalue weighted by atomic mass is 32.2. The molecule has 5 nitrogen and oxygen atoms in total. The summed E-state index contributed by atoms with van der Waals surface area (Å²) in [5.41, 5.74) is 0. The molecule has 1 heterocycles. The summed E-state index contributed by atoms with van der Waals surface area (Å²) in [6.07, 6.45) is 3.94. The molecule has 0 radical (unpaired) electrons. The Balaban J connectivity index is 1.73. The Kier molecular flexibility index (Phi) is 7.83. The van der Waals surface area contributed by atoms with Crippen LogP contribution in [0.5, 0.6) is 0 Å². The fourth-order valence-corrected chi connectivity index (χ4v) is 4.11. The summed E-state index contributed by atoms with van der Waals surface area (Å²) in [5.74, 6) is 2.28. The van der Waals surface area contributed by atoms with Crippen LogP contribution in [0, 0.1) is 0 Å². The summed E-state index contributed by atoms with van der Waals surface area (Å²) < 4.78 is 5.22. The molecule has 1 aliphatic carbocycles. The van der Waals surface area contributed by atoms with Gasteiger partial charge < -0.3 is 15.0 Å². The quantitative estimate of drug-likeness (QED) is 0.540. The highest BCUT2D eigenvalue weighted by Crippen LogP contribution is 2.26. The largest absolute Gasteiger partial charge is 0.383 e. The molecule has 1 saturated heterocycles. The van der Waals surface area contributed by atoms with Crippen molar-refractivity contribution in [3.05, 3.63) is 0 Å². The zero-order chi connectivity index (χ0) is 15.8. The molecule has 1 saturated carbocycles. The molecule has 1 N–H and O–H groups in total. The van der Waals surface area contributed by atoms with Gasteiger partial charge in [0, 0.05) is 63.9 Å². The third kappa shape index (κ3) is 5.63. The Hall–Kier alpha value is -0.460. The second-order valence-electron chi connectivity index (χ2n) is 6.08. The lowest BCUT2D eigenvalue weighted by Crippen LogP contribution is -2.49. The van der Waals surface area contributed by atoms with Crippen LogP contribution in [0.2, 0.25) is 0 Å². The number of methoxy groups -OCH3 is 1. The van der Waals surface area contributed by atoms with Crippen molar-refractivity contribution in [2.75, 3.05) is 59.2 Å². The first kappa shape index (κ1) is 17.9. The minimum Gasteiger partial charge on any atom is -0.383 e. The zero-order valence-corrected chi connectivity index (χ0v) is 15.2. The predicted octanol–water partition coefficient (Wildman–Crippen LogP) is 1.50. The number of ether oxygens (including phenoxy) is 1. The summed E-state index contributed by atoms with van der Waals surface area (Å²) in [5, 5.41) is 4.30. The van der Waals surface area contributed by atoms with E-state index < -0.39 is 0 Å². The molecule has 2 rings (SSSR count). The van der Waals surface area contributed by atoms with Crippen molar-refractivity contribution in [1.29, 1.82) is 0 Å². The normalized spacial score (nSPS) is 23.2. The summed E-state index contributed by atoms with van der Waals surface area (Å²) in [6.45, 7) is 8.42. The Morgan fingerprint density at radius 2 is 2.23 bits per heavy atom. The number of hydrogen-bond donors (Lipinski definition) is 1. The second kappa shape index (κ2) is 9.63. The van der Waals surface area contributed by atoms with Crippen LogP contribution in [0.1, 0.15) is 26.2 Å². The fraction of sp³-hybridized carbons (Fsp3) is 0.938. The molecule has 22 heavy (non-hydrogen) atoms. The first-order valence-corrected chi connectivity index (χ1v) is 9.63. The van der Waals surface area contributed by atoms with Crippen molar-refractivity contribution in [3.63, 3.8) is 0 Å². The van der Waals surface area contributed by atoms with E-state index in [0.29, 0.717) is 0 Å². The van der Waals surface area contributed by atoms with Gasteiger partial charge in [0.05, 0.1) is 6.61 Å². The molecule has 1 aliphatic heterocycles. The minimum absolute atomic E-state index is 0.747. The number of nitrogens with zero attached hydrogens (tertiary/aromatic N) is 3. The number of aliphatic imine (C=N–C) groups is 1. The molecule has 128 valence electrons. The molecule has 2 aliphatic rings. The van der Waals surface area contributed by atoms with E-state index in [1.54, 1.807) is 7.11 Å². The SMILES string of the molecule is CCC1CN(C(=NC)NCCN(CCOC)C2CC2)CCS1. The monoisotopic (exact) mass is 328 g/mol. The molecule has 1 unspecified atom stereocenters. The Labute approximate surface area is 139 Å². The Bertz CT molecular complexity index is 349. The molecule has 0 spiro atoms. The first-order valence-electron chi connectivity index (χ1n) is 8.58. The van der Waals surface area contributed by atoms with Gasteiger partial charge in [-0.2, -0.15) is 11.8 Å². The second-order valence-corrected chi connectivity index (χ2v) is 7.49. The van der Waals surface area contributed by atoms with Crippen molar-refractivity contribution >= 4 is 17.7 Å². The summed E-state index contributed by atoms with van der Waals surface area (Å²) in [6, 6.07) is 0.787. The lowest BCUT2D eigenvalue weighted by molar-refractivity contribution is 0.144. The van der Waals surface area contributed by atoms with Gasteiger partial charge in [0.25, 0.3) is 0 Å². The topological polar surface area (TPSA) is 40.1 Å². The number of thioether (sulfide) groups is 1. The number of nitrogens with one attached hydrogen (secondary N) is 1. The molecule has 1 atom stereocenters. The maximum Gasteiger partial charge on any atom is 0.193 e. The van der Waals surface area contributed by atoms with E-state index >= 15 is 0 Å². The van der Waals surface area contributed by atoms with Gasteiger partial charge in [-0.05, 0) is 19.3 Å². The van der Waals surface area contributed by atoms with E-state index in [1.165, 1.54) is 25.0 Å². The van der Waals surface area contributed by atoms with Gasteiger partial charge >= 0.3 is 0 Å². The lowest BCUT2D eigenvalue weighted by Gasteiger charge is -2.34. The fourth-order valence-electron chi connectivity index (χ4n) is 2.93. The zero-order valence-electron chi connectivity index (χ0n) is 14.4. The number of rotatable bonds is 8. The lowest BCUT2D eigenvalue weighted by atomic mass is 10.3. The number of guanidine groups is 1. The van der Waals surface area contributed by atoms with Crippen LogP contribution >= 0.6 is 11.8 Å². The smallest absolute Gasteiger partial charge is 0.193 e. The average molecular weight is 329 g/mol. The maximum atomic E-state index is 5.22. The van der Waals surface area contributed by atoms with Crippen LogP contribution in [0.4, 0.5) is 0 Å². The highest BCUT2D eigenvalue weighted by molar-refractivity contribution is 8.00.